The van der Waals surface area contributed by atoms with Crippen LogP contribution in [-0.2, 0) is 28.8 Å². The molecule has 6 fully saturated rings. The first-order valence-electron chi connectivity index (χ1n) is 41.2. The zero-order valence-electron chi connectivity index (χ0n) is 66.6. The Balaban J connectivity index is 0.000000151. The Morgan fingerprint density at radius 3 is 1.59 bits per heavy atom. The van der Waals surface area contributed by atoms with Crippen molar-refractivity contribution in [1.82, 2.24) is 64.5 Å². The van der Waals surface area contributed by atoms with Crippen LogP contribution in [0.2, 0.25) is 0 Å². The molecule has 7 N–H and O–H groups in total. The quantitative estimate of drug-likeness (QED) is 0.0199. The molecule has 4 aromatic carbocycles. The first kappa shape index (κ1) is 81.6. The van der Waals surface area contributed by atoms with Crippen molar-refractivity contribution >= 4 is 105 Å². The molecule has 624 valence electrons. The maximum Gasteiger partial charge on any atom is 0.317 e. The van der Waals surface area contributed by atoms with Gasteiger partial charge in [-0.05, 0) is 178 Å². The number of pyridine rings is 2. The molecule has 31 nitrogen and oxygen atoms in total. The average Bonchev–Trinajstić information content (AvgIpc) is 1.62. The highest BCUT2D eigenvalue weighted by Gasteiger charge is 2.48. The van der Waals surface area contributed by atoms with E-state index in [2.05, 4.69) is 55.7 Å². The number of carbonyl (C=O) groups is 10. The Bertz CT molecular complexity index is 5670. The number of amides is 5. The predicted molar refractivity (Wildman–Crippen MR) is 446 cm³/mol. The van der Waals surface area contributed by atoms with Crippen LogP contribution in [0.4, 0.5) is 43.4 Å². The van der Waals surface area contributed by atoms with Crippen LogP contribution in [0.3, 0.4) is 0 Å². The summed E-state index contributed by atoms with van der Waals surface area (Å²) in [5.74, 6) is -2.92. The molecule has 0 radical (unpaired) electrons. The highest BCUT2D eigenvalue weighted by atomic mass is 19.1. The Kier molecular flexibility index (Phi) is 24.4. The van der Waals surface area contributed by atoms with Crippen molar-refractivity contribution < 1.29 is 61.8 Å². The van der Waals surface area contributed by atoms with Crippen LogP contribution in [0.15, 0.2) is 158 Å². The first-order chi connectivity index (χ1) is 58.8. The third-order valence-corrected chi connectivity index (χ3v) is 23.6. The lowest BCUT2D eigenvalue weighted by Gasteiger charge is -2.35. The Morgan fingerprint density at radius 1 is 0.512 bits per heavy atom. The lowest BCUT2D eigenvalue weighted by Crippen LogP contribution is -2.54. The molecule has 0 bridgehead atoms. The van der Waals surface area contributed by atoms with E-state index < -0.39 is 41.6 Å². The molecule has 121 heavy (non-hydrogen) atoms. The van der Waals surface area contributed by atoms with E-state index in [4.69, 9.17) is 31.0 Å². The summed E-state index contributed by atoms with van der Waals surface area (Å²) in [6.07, 6.45) is 9.40. The number of rotatable bonds is 23. The molecule has 10 aromatic rings. The summed E-state index contributed by atoms with van der Waals surface area (Å²) < 4.78 is 31.7. The number of carbonyl (C=O) groups excluding carboxylic acids is 9. The van der Waals surface area contributed by atoms with Crippen LogP contribution in [0.1, 0.15) is 135 Å². The number of hydrogen-bond donors (Lipinski definition) is 6. The molecule has 3 unspecified atom stereocenters. The number of carboxylic acid groups (broad SMARTS) is 1. The number of Topliss-reactive ketones (excluding diaryl/α,β-unsaturated/α-hetero) is 4. The minimum Gasteiger partial charge on any atom is -0.480 e. The van der Waals surface area contributed by atoms with E-state index in [0.717, 1.165) is 126 Å². The summed E-state index contributed by atoms with van der Waals surface area (Å²) in [5, 5.41) is 30.6. The summed E-state index contributed by atoms with van der Waals surface area (Å²) >= 11 is 0. The Hall–Kier alpha value is -13.1. The number of nitrogens with one attached hydrogen (secondary N) is 4. The monoisotopic (exact) mass is 1640 g/mol. The van der Waals surface area contributed by atoms with Gasteiger partial charge in [0.15, 0.2) is 22.9 Å². The van der Waals surface area contributed by atoms with E-state index in [1.54, 1.807) is 73.1 Å². The molecule has 8 aliphatic rings. The number of halogens is 2. The number of aliphatic carboxylic acids is 1. The molecule has 18 rings (SSSR count). The summed E-state index contributed by atoms with van der Waals surface area (Å²) in [5.41, 5.74) is 14.5. The van der Waals surface area contributed by atoms with Crippen LogP contribution in [0, 0.1) is 23.5 Å². The molecule has 6 aromatic heterocycles. The molecule has 5 saturated heterocycles. The van der Waals surface area contributed by atoms with E-state index in [9.17, 15) is 56.7 Å². The number of piperazine rings is 2. The Morgan fingerprint density at radius 2 is 1.04 bits per heavy atom. The summed E-state index contributed by atoms with van der Waals surface area (Å²) in [4.78, 5) is 156. The number of nitrogens with two attached hydrogens (primary N) is 1. The lowest BCUT2D eigenvalue weighted by molar-refractivity contribution is -0.139. The number of hydrogen-bond acceptors (Lipinski definition) is 25. The van der Waals surface area contributed by atoms with Gasteiger partial charge in [-0.3, -0.25) is 68.0 Å². The van der Waals surface area contributed by atoms with Gasteiger partial charge in [-0.1, -0.05) is 36.4 Å². The molecule has 5 amide bonds. The maximum absolute atomic E-state index is 14.1. The largest absolute Gasteiger partial charge is 0.480 e. The standard InChI is InChI=1S/C45H46FN9O5.C27H28FN7O2.C16H18N4O4/c46-29-6-1-5-28(23-29)36-8-3-18-54(36)41-15-14-39-49-26-37(55(39)51-41)35-7-2-9-40(50-35)53-21-19-52(20-22-53)27-42(58)48-17-4-16-47-30-10-12-32-34(24-30)45(60)43(44(32)59)33-13-11-31(56)25-38(33)57;28-20-5-1-4-19(16-20)22-7-3-11-34(22)26-10-9-24-29-17-23(35(24)31-26)21-6-2-8-25(30-21)33-14-12-32(13-15-33)18-27(36)37;17-6-1-7-18-9-2-3-10-11(8-9)16(24)20(15(10)23)12-4-5-13(21)19-14(12)22/h1-2,5-7,9-10,12,14-15,23-24,26,33,36,43,47H,3-4,8,11,13,16-22,25,27H2,(H,48,58);1-2,4-6,8-10,16-17,22H,3,7,11-15,18H2,(H,36,37);2-3,8,12,18H,1,4-7,17H2,(H,19,21,22)/t33?,36-,43?;22-;/m10./s1. The van der Waals surface area contributed by atoms with Gasteiger partial charge in [0.1, 0.15) is 63.9 Å². The third kappa shape index (κ3) is 17.9. The van der Waals surface area contributed by atoms with E-state index >= 15 is 0 Å². The van der Waals surface area contributed by atoms with Crippen LogP contribution >= 0.6 is 0 Å². The molecular weight excluding hydrogens is 1550 g/mol. The minimum atomic E-state index is -1.04. The SMILES string of the molecule is NCCCNc1ccc2c(c1)C(=O)N(C1CCC(=O)NC1=O)C2=O.O=C(O)CN1CCN(c2cccc(-c3cnc4ccc(N5CCC[C@H]5c5cccc(F)c5)nn34)n2)CC1.O=C1CCC(C2C(=O)c3ccc(NCCCNC(=O)CN4CCN(c5cccc(-c6cnc7ccc(N8CCC[C@@H]8c8cccc(F)c8)nn67)n5)CC4)cc3C2=O)C(=O)C1. The molecule has 2 aliphatic carbocycles. The normalized spacial score (nSPS) is 20.1. The van der Waals surface area contributed by atoms with Crippen molar-refractivity contribution in [3.8, 4) is 22.8 Å². The van der Waals surface area contributed by atoms with Crippen molar-refractivity contribution in [2.75, 3.05) is 135 Å². The zero-order chi connectivity index (χ0) is 84.0. The number of imidazole rings is 2. The van der Waals surface area contributed by atoms with Gasteiger partial charge in [-0.15, -0.1) is 10.2 Å². The first-order valence-corrected chi connectivity index (χ1v) is 41.2. The molecular formula is C88H92F2N20O11. The number of benzene rings is 4. The second-order valence-electron chi connectivity index (χ2n) is 31.4. The van der Waals surface area contributed by atoms with Gasteiger partial charge in [0.25, 0.3) is 11.8 Å². The summed E-state index contributed by atoms with van der Waals surface area (Å²) in [7, 11) is 0. The predicted octanol–water partition coefficient (Wildman–Crippen LogP) is 8.27. The van der Waals surface area contributed by atoms with Crippen LogP contribution in [-0.4, -0.2) is 228 Å². The van der Waals surface area contributed by atoms with Crippen LogP contribution in [0.25, 0.3) is 34.1 Å². The smallest absolute Gasteiger partial charge is 0.317 e. The fraction of sp³-hybridized carbons (Fsp3) is 0.364. The van der Waals surface area contributed by atoms with Gasteiger partial charge in [-0.2, -0.15) is 0 Å². The number of aromatic nitrogens is 8. The highest BCUT2D eigenvalue weighted by molar-refractivity contribution is 6.28. The molecule has 1 saturated carbocycles. The second kappa shape index (κ2) is 36.2. The van der Waals surface area contributed by atoms with Crippen LogP contribution in [0.5, 0.6) is 0 Å². The van der Waals surface area contributed by atoms with E-state index in [-0.39, 0.29) is 108 Å². The fourth-order valence-corrected chi connectivity index (χ4v) is 17.4. The average molecular weight is 1640 g/mol. The molecule has 12 heterocycles. The molecule has 33 heteroatoms. The molecule has 5 atom stereocenters. The van der Waals surface area contributed by atoms with E-state index in [1.807, 2.05) is 86.7 Å². The molecule has 6 aliphatic heterocycles. The van der Waals surface area contributed by atoms with E-state index in [0.29, 0.717) is 107 Å². The van der Waals surface area contributed by atoms with Crippen molar-refractivity contribution in [3.63, 3.8) is 0 Å². The second-order valence-corrected chi connectivity index (χ2v) is 31.4. The van der Waals surface area contributed by atoms with Gasteiger partial charge in [0.2, 0.25) is 17.7 Å². The maximum atomic E-state index is 14.1. The van der Waals surface area contributed by atoms with Crippen molar-refractivity contribution in [1.29, 1.82) is 0 Å². The van der Waals surface area contributed by atoms with Gasteiger partial charge in [-0.25, -0.2) is 37.7 Å². The van der Waals surface area contributed by atoms with Crippen molar-refractivity contribution in [2.24, 2.45) is 17.6 Å². The van der Waals surface area contributed by atoms with Gasteiger partial charge in [0, 0.05) is 126 Å². The minimum absolute atomic E-state index is 0.0473. The topological polar surface area (TPSA) is 374 Å². The Labute approximate surface area is 694 Å². The van der Waals surface area contributed by atoms with Crippen molar-refractivity contribution in [2.45, 2.75) is 88.8 Å². The van der Waals surface area contributed by atoms with Crippen LogP contribution < -0.4 is 46.6 Å². The number of imide groups is 2. The highest BCUT2D eigenvalue weighted by Crippen LogP contribution is 2.41. The zero-order valence-corrected chi connectivity index (χ0v) is 66.6. The summed E-state index contributed by atoms with van der Waals surface area (Å²) in [6.45, 7) is 9.91. The number of carboxylic acids is 1. The number of piperidine rings is 1. The number of nitrogens with zero attached hydrogens (tertiary/aromatic N) is 15. The fourth-order valence-electron chi connectivity index (χ4n) is 17.4. The van der Waals surface area contributed by atoms with Gasteiger partial charge >= 0.3 is 5.97 Å². The van der Waals surface area contributed by atoms with Crippen molar-refractivity contribution in [3.05, 3.63) is 203 Å². The lowest BCUT2D eigenvalue weighted by atomic mass is 9.76. The van der Waals surface area contributed by atoms with E-state index in [1.165, 1.54) is 12.1 Å². The molecule has 0 spiro atoms. The summed E-state index contributed by atoms with van der Waals surface area (Å²) in [6, 6.07) is 42.5. The third-order valence-electron chi connectivity index (χ3n) is 23.6. The number of anilines is 6. The van der Waals surface area contributed by atoms with Gasteiger partial charge in [0.05, 0.1) is 72.4 Å². The number of fused-ring (bicyclic) bond motifs is 4. The number of ketones is 4. The van der Waals surface area contributed by atoms with Gasteiger partial charge < -0.3 is 46.4 Å².